The molecule has 0 radical (unpaired) electrons. The number of phenols is 1. The molecule has 0 bridgehead atoms. The summed E-state index contributed by atoms with van der Waals surface area (Å²) in [4.78, 5) is 18.9. The quantitative estimate of drug-likeness (QED) is 0.592. The Labute approximate surface area is 79.3 Å². The summed E-state index contributed by atoms with van der Waals surface area (Å²) in [6.45, 7) is -0.302. The third kappa shape index (κ3) is 2.22. The highest BCUT2D eigenvalue weighted by atomic mass is 16.4. The van der Waals surface area contributed by atoms with Crippen molar-refractivity contribution in [2.45, 2.75) is 0 Å². The Kier molecular flexibility index (Phi) is 3.06. The summed E-state index contributed by atoms with van der Waals surface area (Å²) < 4.78 is 0. The van der Waals surface area contributed by atoms with Crippen LogP contribution in [0.4, 0.5) is 0 Å². The molecule has 0 heterocycles. The predicted octanol–water partition coefficient (Wildman–Crippen LogP) is -0.190. The van der Waals surface area contributed by atoms with Crippen LogP contribution in [-0.4, -0.2) is 29.1 Å². The van der Waals surface area contributed by atoms with E-state index in [2.05, 4.69) is 0 Å². The number of carbonyl (C=O) groups excluding carboxylic acids is 1. The Bertz CT molecular complexity index is 441. The Morgan fingerprint density at radius 3 is 2.29 bits per heavy atom. The van der Waals surface area contributed by atoms with Gasteiger partial charge in [0.05, 0.1) is 0 Å². The molecular weight excluding hydrogens is 186 g/mol. The number of carboxylic acids is 1. The van der Waals surface area contributed by atoms with Crippen molar-refractivity contribution in [3.63, 3.8) is 0 Å². The van der Waals surface area contributed by atoms with Crippen molar-refractivity contribution in [1.29, 1.82) is 0 Å². The van der Waals surface area contributed by atoms with Crippen LogP contribution >= 0.6 is 0 Å². The average molecular weight is 195 g/mol. The van der Waals surface area contributed by atoms with Gasteiger partial charge in [0.1, 0.15) is 12.3 Å². The number of benzene rings is 1. The van der Waals surface area contributed by atoms with Gasteiger partial charge in [-0.15, -0.1) is 0 Å². The standard InChI is InChI=1S/C6H4O.C3H5NO3/c7-6-3-4-1-2-5(4)6;5-2-4-1-3(6)7/h1-3,7H;2H,1H2,(H,4,5)(H,6,7). The van der Waals surface area contributed by atoms with Crippen LogP contribution in [0.25, 0.3) is 0 Å². The average Bonchev–Trinajstić information content (AvgIpc) is 2.11. The molecule has 2 rings (SSSR count). The first kappa shape index (κ1) is 10.0. The molecule has 0 aliphatic heterocycles. The second-order valence-corrected chi connectivity index (χ2v) is 2.62. The lowest BCUT2D eigenvalue weighted by molar-refractivity contribution is -0.136. The molecule has 3 N–H and O–H groups in total. The van der Waals surface area contributed by atoms with Gasteiger partial charge in [-0.3, -0.25) is 9.59 Å². The third-order valence-electron chi connectivity index (χ3n) is 1.65. The summed E-state index contributed by atoms with van der Waals surface area (Å²) in [5.74, 6) is -0.593. The summed E-state index contributed by atoms with van der Waals surface area (Å²) >= 11 is 0. The molecule has 1 amide bonds. The first-order valence-electron chi connectivity index (χ1n) is 3.87. The zero-order chi connectivity index (χ0) is 10.6. The highest BCUT2D eigenvalue weighted by Gasteiger charge is 2.00. The number of rotatable bonds is 3. The topological polar surface area (TPSA) is 86.6 Å². The number of carboxylic acid groups (broad SMARTS) is 1. The van der Waals surface area contributed by atoms with E-state index in [0.29, 0.717) is 12.2 Å². The molecule has 2 aliphatic rings. The molecule has 0 saturated carbocycles. The van der Waals surface area contributed by atoms with E-state index in [1.165, 1.54) is 5.22 Å². The Balaban J connectivity index is 0.000000140. The van der Waals surface area contributed by atoms with E-state index in [9.17, 15) is 9.59 Å². The molecule has 74 valence electrons. The smallest absolute Gasteiger partial charge is 0.322 e. The molecule has 0 fully saturated rings. The van der Waals surface area contributed by atoms with Crippen molar-refractivity contribution in [2.24, 2.45) is 0 Å². The summed E-state index contributed by atoms with van der Waals surface area (Å²) in [6, 6.07) is 5.65. The molecule has 0 aromatic rings. The predicted molar refractivity (Wildman–Crippen MR) is 47.5 cm³/mol. The fourth-order valence-electron chi connectivity index (χ4n) is 0.898. The lowest BCUT2D eigenvalue weighted by Gasteiger charge is -2.02. The number of aromatic hydroxyl groups is 1. The zero-order valence-electron chi connectivity index (χ0n) is 7.23. The van der Waals surface area contributed by atoms with E-state index >= 15 is 0 Å². The van der Waals surface area contributed by atoms with Crippen LogP contribution in [0.15, 0.2) is 18.2 Å². The maximum Gasteiger partial charge on any atom is 0.322 e. The number of amides is 1. The van der Waals surface area contributed by atoms with E-state index < -0.39 is 5.97 Å². The van der Waals surface area contributed by atoms with Crippen molar-refractivity contribution in [1.82, 2.24) is 5.32 Å². The van der Waals surface area contributed by atoms with Crippen LogP contribution < -0.4 is 5.32 Å². The number of phenolic OH excluding ortho intramolecular Hbond substituents is 1. The van der Waals surface area contributed by atoms with E-state index in [1.807, 2.05) is 17.4 Å². The number of nitrogens with one attached hydrogen (secondary N) is 1. The van der Waals surface area contributed by atoms with E-state index in [0.717, 1.165) is 5.22 Å². The summed E-state index contributed by atoms with van der Waals surface area (Å²) in [7, 11) is 0. The Morgan fingerprint density at radius 2 is 2.21 bits per heavy atom. The van der Waals surface area contributed by atoms with Gasteiger partial charge >= 0.3 is 5.97 Å². The molecule has 5 nitrogen and oxygen atoms in total. The van der Waals surface area contributed by atoms with Crippen molar-refractivity contribution in [3.05, 3.63) is 28.6 Å². The number of carbonyl (C=O) groups is 2. The maximum atomic E-state index is 9.54. The van der Waals surface area contributed by atoms with Gasteiger partial charge in [0, 0.05) is 5.22 Å². The van der Waals surface area contributed by atoms with Crippen LogP contribution in [0.1, 0.15) is 0 Å². The molecule has 0 aromatic heterocycles. The maximum absolute atomic E-state index is 9.54. The van der Waals surface area contributed by atoms with Crippen LogP contribution in [0, 0.1) is 10.4 Å². The first-order chi connectivity index (χ1) is 6.65. The number of aliphatic carboxylic acids is 1. The minimum atomic E-state index is -1.04. The zero-order valence-corrected chi connectivity index (χ0v) is 7.23. The minimum absolute atomic E-state index is 0.302. The molecule has 5 heteroatoms. The first-order valence-corrected chi connectivity index (χ1v) is 3.87. The van der Waals surface area contributed by atoms with Crippen molar-refractivity contribution >= 4 is 12.4 Å². The summed E-state index contributed by atoms with van der Waals surface area (Å²) in [6.07, 6.45) is 0.341. The third-order valence-corrected chi connectivity index (χ3v) is 1.65. The van der Waals surface area contributed by atoms with Gasteiger partial charge < -0.3 is 15.5 Å². The van der Waals surface area contributed by atoms with Crippen LogP contribution in [-0.2, 0) is 9.59 Å². The van der Waals surface area contributed by atoms with E-state index in [1.54, 1.807) is 6.07 Å². The second kappa shape index (κ2) is 4.27. The molecule has 0 unspecified atom stereocenters. The van der Waals surface area contributed by atoms with Gasteiger partial charge in [-0.2, -0.15) is 0 Å². The lowest BCUT2D eigenvalue weighted by atomic mass is 10.1. The van der Waals surface area contributed by atoms with E-state index in [4.69, 9.17) is 10.2 Å². The van der Waals surface area contributed by atoms with Gasteiger partial charge in [0.15, 0.2) is 0 Å². The highest BCUT2D eigenvalue weighted by Crippen LogP contribution is 2.21. The molecule has 2 aliphatic carbocycles. The number of hydrogen-bond acceptors (Lipinski definition) is 3. The second-order valence-electron chi connectivity index (χ2n) is 2.62. The summed E-state index contributed by atoms with van der Waals surface area (Å²) in [5.41, 5.74) is 0. The van der Waals surface area contributed by atoms with Crippen LogP contribution in [0.2, 0.25) is 0 Å². The fraction of sp³-hybridized carbons (Fsp3) is 0.111. The monoisotopic (exact) mass is 195 g/mol. The Morgan fingerprint density at radius 1 is 1.50 bits per heavy atom. The lowest BCUT2D eigenvalue weighted by Crippen LogP contribution is -2.20. The normalized spacial score (nSPS) is 9.43. The van der Waals surface area contributed by atoms with Gasteiger partial charge in [-0.1, -0.05) is 12.1 Å². The van der Waals surface area contributed by atoms with Crippen molar-refractivity contribution in [2.75, 3.05) is 6.54 Å². The molecule has 0 aromatic carbocycles. The fourth-order valence-corrected chi connectivity index (χ4v) is 0.898. The summed E-state index contributed by atoms with van der Waals surface area (Å²) in [5, 5.41) is 20.7. The van der Waals surface area contributed by atoms with Gasteiger partial charge in [0.25, 0.3) is 0 Å². The molecule has 0 spiro atoms. The molecule has 14 heavy (non-hydrogen) atoms. The van der Waals surface area contributed by atoms with Crippen LogP contribution in [0.5, 0.6) is 5.75 Å². The van der Waals surface area contributed by atoms with Gasteiger partial charge in [0.2, 0.25) is 6.41 Å². The van der Waals surface area contributed by atoms with Gasteiger partial charge in [-0.05, 0) is 11.3 Å². The van der Waals surface area contributed by atoms with Crippen LogP contribution in [0.3, 0.4) is 0 Å². The molecule has 0 atom stereocenters. The minimum Gasteiger partial charge on any atom is -0.507 e. The van der Waals surface area contributed by atoms with Crippen molar-refractivity contribution < 1.29 is 19.8 Å². The van der Waals surface area contributed by atoms with E-state index in [-0.39, 0.29) is 6.54 Å². The molecular formula is C9H9NO4. The molecule has 0 saturated heterocycles. The van der Waals surface area contributed by atoms with Gasteiger partial charge in [-0.25, -0.2) is 0 Å². The number of hydrogen-bond donors (Lipinski definition) is 3. The highest BCUT2D eigenvalue weighted by molar-refractivity contribution is 5.71. The Hall–Kier alpha value is -2.04. The van der Waals surface area contributed by atoms with Crippen molar-refractivity contribution in [3.8, 4) is 5.75 Å². The SMILES string of the molecule is O=CNCC(=O)O.Oc1cc2ccc1=2. The largest absolute Gasteiger partial charge is 0.507 e.